The summed E-state index contributed by atoms with van der Waals surface area (Å²) in [6.45, 7) is 6.16. The summed E-state index contributed by atoms with van der Waals surface area (Å²) in [4.78, 5) is 9.05. The first-order valence-electron chi connectivity index (χ1n) is 8.06. The summed E-state index contributed by atoms with van der Waals surface area (Å²) >= 11 is 0. The van der Waals surface area contributed by atoms with E-state index in [0.717, 1.165) is 12.5 Å². The maximum absolute atomic E-state index is 4.72. The molecule has 5 heteroatoms. The van der Waals surface area contributed by atoms with Gasteiger partial charge in [-0.2, -0.15) is 0 Å². The zero-order valence-electron chi connectivity index (χ0n) is 15.4. The van der Waals surface area contributed by atoms with E-state index in [1.165, 1.54) is 12.0 Å². The number of hydrogen-bond acceptors (Lipinski definition) is 2. The van der Waals surface area contributed by atoms with Gasteiger partial charge in [-0.05, 0) is 32.0 Å². The predicted octanol–water partition coefficient (Wildman–Crippen LogP) is 3.29. The fourth-order valence-electron chi connectivity index (χ4n) is 2.34. The Kier molecular flexibility index (Phi) is 11.3. The van der Waals surface area contributed by atoms with Gasteiger partial charge in [-0.15, -0.1) is 24.0 Å². The summed E-state index contributed by atoms with van der Waals surface area (Å²) in [6, 6.07) is 10.9. The minimum atomic E-state index is 0. The summed E-state index contributed by atoms with van der Waals surface area (Å²) in [5.41, 5.74) is 1.23. The monoisotopic (exact) mass is 432 g/mol. The zero-order chi connectivity index (χ0) is 16.5. The van der Waals surface area contributed by atoms with Crippen LogP contribution in [0.2, 0.25) is 0 Å². The Morgan fingerprint density at radius 2 is 1.70 bits per heavy atom. The molecular weight excluding hydrogens is 399 g/mol. The Morgan fingerprint density at radius 1 is 1.09 bits per heavy atom. The van der Waals surface area contributed by atoms with Crippen molar-refractivity contribution in [3.63, 3.8) is 0 Å². The number of halogens is 1. The number of guanidine groups is 1. The minimum Gasteiger partial charge on any atom is -0.355 e. The molecule has 23 heavy (non-hydrogen) atoms. The molecule has 0 saturated carbocycles. The topological polar surface area (TPSA) is 30.9 Å². The number of likely N-dealkylation sites (N-methyl/N-ethyl adjacent to an activating group) is 1. The first kappa shape index (κ1) is 22.2. The normalized spacial score (nSPS) is 13.0. The second-order valence-corrected chi connectivity index (χ2v) is 6.65. The number of rotatable bonds is 7. The molecule has 0 aliphatic carbocycles. The smallest absolute Gasteiger partial charge is 0.193 e. The molecule has 1 rings (SSSR count). The fraction of sp³-hybridized carbons (Fsp3) is 0.611. The molecule has 0 spiro atoms. The molecule has 1 atom stereocenters. The lowest BCUT2D eigenvalue weighted by Crippen LogP contribution is -2.45. The summed E-state index contributed by atoms with van der Waals surface area (Å²) in [7, 11) is 8.35. The van der Waals surface area contributed by atoms with Crippen molar-refractivity contribution < 1.29 is 0 Å². The van der Waals surface area contributed by atoms with Crippen LogP contribution in [-0.4, -0.2) is 56.5 Å². The second kappa shape index (κ2) is 11.7. The van der Waals surface area contributed by atoms with Gasteiger partial charge in [0, 0.05) is 26.7 Å². The van der Waals surface area contributed by atoms with Gasteiger partial charge in [0.25, 0.3) is 0 Å². The van der Waals surface area contributed by atoms with Crippen molar-refractivity contribution in [1.29, 1.82) is 0 Å². The predicted molar refractivity (Wildman–Crippen MR) is 112 cm³/mol. The number of hydrogen-bond donors (Lipinski definition) is 1. The van der Waals surface area contributed by atoms with Crippen molar-refractivity contribution in [2.75, 3.05) is 34.7 Å². The van der Waals surface area contributed by atoms with Crippen molar-refractivity contribution in [1.82, 2.24) is 15.1 Å². The summed E-state index contributed by atoms with van der Waals surface area (Å²) in [6.07, 6.45) is 1.18. The average molecular weight is 432 g/mol. The third-order valence-corrected chi connectivity index (χ3v) is 3.65. The molecule has 1 aromatic rings. The molecule has 1 N–H and O–H groups in total. The lowest BCUT2D eigenvalue weighted by molar-refractivity contribution is 0.253. The van der Waals surface area contributed by atoms with Crippen molar-refractivity contribution in [3.05, 3.63) is 35.9 Å². The van der Waals surface area contributed by atoms with Crippen LogP contribution in [0, 0.1) is 5.92 Å². The lowest BCUT2D eigenvalue weighted by Gasteiger charge is -2.28. The van der Waals surface area contributed by atoms with E-state index in [2.05, 4.69) is 62.4 Å². The molecule has 1 unspecified atom stereocenters. The Balaban J connectivity index is 0.00000484. The minimum absolute atomic E-state index is 0. The van der Waals surface area contributed by atoms with E-state index in [-0.39, 0.29) is 24.0 Å². The molecule has 0 aliphatic heterocycles. The SMILES string of the molecule is CC(C)CC(CNC(=NCc1ccccc1)N(C)C)N(C)C.I. The Bertz CT molecular complexity index is 444. The Labute approximate surface area is 159 Å². The van der Waals surface area contributed by atoms with Crippen LogP contribution >= 0.6 is 24.0 Å². The van der Waals surface area contributed by atoms with Crippen LogP contribution in [-0.2, 0) is 6.54 Å². The van der Waals surface area contributed by atoms with Gasteiger partial charge >= 0.3 is 0 Å². The Morgan fingerprint density at radius 3 is 2.17 bits per heavy atom. The van der Waals surface area contributed by atoms with Gasteiger partial charge in [-0.3, -0.25) is 0 Å². The van der Waals surface area contributed by atoms with Gasteiger partial charge in [-0.25, -0.2) is 4.99 Å². The largest absolute Gasteiger partial charge is 0.355 e. The van der Waals surface area contributed by atoms with Crippen LogP contribution in [0.15, 0.2) is 35.3 Å². The van der Waals surface area contributed by atoms with Gasteiger partial charge in [0.05, 0.1) is 6.54 Å². The van der Waals surface area contributed by atoms with Crippen LogP contribution in [0.5, 0.6) is 0 Å². The van der Waals surface area contributed by atoms with Gasteiger partial charge in [0.1, 0.15) is 0 Å². The molecule has 0 saturated heterocycles. The molecule has 0 aromatic heterocycles. The van der Waals surface area contributed by atoms with Crippen LogP contribution in [0.25, 0.3) is 0 Å². The molecule has 0 amide bonds. The highest BCUT2D eigenvalue weighted by atomic mass is 127. The zero-order valence-corrected chi connectivity index (χ0v) is 17.7. The molecule has 0 heterocycles. The standard InChI is InChI=1S/C18H32N4.HI/c1-15(2)12-17(21(3)4)14-20-18(22(5)6)19-13-16-10-8-7-9-11-16;/h7-11,15,17H,12-14H2,1-6H3,(H,19,20);1H. The average Bonchev–Trinajstić information content (AvgIpc) is 2.46. The second-order valence-electron chi connectivity index (χ2n) is 6.65. The van der Waals surface area contributed by atoms with E-state index in [1.807, 2.05) is 25.1 Å². The summed E-state index contributed by atoms with van der Waals surface area (Å²) < 4.78 is 0. The van der Waals surface area contributed by atoms with Crippen molar-refractivity contribution >= 4 is 29.9 Å². The third kappa shape index (κ3) is 9.15. The highest BCUT2D eigenvalue weighted by molar-refractivity contribution is 14.0. The van der Waals surface area contributed by atoms with Crippen LogP contribution in [0.1, 0.15) is 25.8 Å². The molecule has 1 aromatic carbocycles. The van der Waals surface area contributed by atoms with Crippen molar-refractivity contribution in [2.45, 2.75) is 32.9 Å². The maximum Gasteiger partial charge on any atom is 0.193 e. The summed E-state index contributed by atoms with van der Waals surface area (Å²) in [5, 5.41) is 3.51. The van der Waals surface area contributed by atoms with Gasteiger partial charge in [0.15, 0.2) is 5.96 Å². The van der Waals surface area contributed by atoms with E-state index in [1.54, 1.807) is 0 Å². The van der Waals surface area contributed by atoms with Gasteiger partial charge in [-0.1, -0.05) is 44.2 Å². The lowest BCUT2D eigenvalue weighted by atomic mass is 10.0. The first-order chi connectivity index (χ1) is 10.4. The van der Waals surface area contributed by atoms with E-state index in [0.29, 0.717) is 18.5 Å². The first-order valence-corrected chi connectivity index (χ1v) is 8.06. The fourth-order valence-corrected chi connectivity index (χ4v) is 2.34. The number of aliphatic imine (C=N–C) groups is 1. The van der Waals surface area contributed by atoms with E-state index < -0.39 is 0 Å². The third-order valence-electron chi connectivity index (χ3n) is 3.65. The van der Waals surface area contributed by atoms with Crippen LogP contribution in [0.4, 0.5) is 0 Å². The molecule has 0 aliphatic rings. The van der Waals surface area contributed by atoms with E-state index in [9.17, 15) is 0 Å². The van der Waals surface area contributed by atoms with Gasteiger partial charge < -0.3 is 15.1 Å². The van der Waals surface area contributed by atoms with Crippen LogP contribution < -0.4 is 5.32 Å². The summed E-state index contributed by atoms with van der Waals surface area (Å²) in [5.74, 6) is 1.64. The van der Waals surface area contributed by atoms with Crippen LogP contribution in [0.3, 0.4) is 0 Å². The highest BCUT2D eigenvalue weighted by Crippen LogP contribution is 2.08. The number of nitrogens with zero attached hydrogens (tertiary/aromatic N) is 3. The quantitative estimate of drug-likeness (QED) is 0.408. The molecule has 0 radical (unpaired) electrons. The van der Waals surface area contributed by atoms with Crippen molar-refractivity contribution in [3.8, 4) is 0 Å². The maximum atomic E-state index is 4.72. The number of benzene rings is 1. The molecule has 0 bridgehead atoms. The van der Waals surface area contributed by atoms with E-state index in [4.69, 9.17) is 4.99 Å². The molecule has 0 fully saturated rings. The number of nitrogens with one attached hydrogen (secondary N) is 1. The molecule has 4 nitrogen and oxygen atoms in total. The molecular formula is C18H33IN4. The Hall–Kier alpha value is -0.820. The van der Waals surface area contributed by atoms with Gasteiger partial charge in [0.2, 0.25) is 0 Å². The molecule has 132 valence electrons. The van der Waals surface area contributed by atoms with Crippen molar-refractivity contribution in [2.24, 2.45) is 10.9 Å². The highest BCUT2D eigenvalue weighted by Gasteiger charge is 2.14. The van der Waals surface area contributed by atoms with E-state index >= 15 is 0 Å².